The molecule has 0 radical (unpaired) electrons. The van der Waals surface area contributed by atoms with Crippen LogP contribution in [0.1, 0.15) is 30.3 Å². The average molecular weight is 358 g/mol. The number of para-hydroxylation sites is 3. The third-order valence-electron chi connectivity index (χ3n) is 5.62. The van der Waals surface area contributed by atoms with Crippen molar-refractivity contribution in [2.75, 3.05) is 6.54 Å². The van der Waals surface area contributed by atoms with Gasteiger partial charge in [-0.1, -0.05) is 30.3 Å². The second-order valence-corrected chi connectivity index (χ2v) is 7.34. The van der Waals surface area contributed by atoms with E-state index in [1.54, 1.807) is 0 Å². The zero-order valence-corrected chi connectivity index (χ0v) is 15.4. The smallest absolute Gasteiger partial charge is 0.227 e. The van der Waals surface area contributed by atoms with Crippen molar-refractivity contribution in [2.24, 2.45) is 7.05 Å². The van der Waals surface area contributed by atoms with Crippen molar-refractivity contribution in [3.63, 3.8) is 0 Å². The molecule has 0 saturated carbocycles. The molecule has 3 heterocycles. The second kappa shape index (κ2) is 6.27. The number of carbonyl (C=O) groups excluding carboxylic acids is 1. The van der Waals surface area contributed by atoms with Gasteiger partial charge in [0.15, 0.2) is 0 Å². The van der Waals surface area contributed by atoms with Crippen LogP contribution in [0.3, 0.4) is 0 Å². The van der Waals surface area contributed by atoms with E-state index >= 15 is 0 Å². The van der Waals surface area contributed by atoms with Crippen LogP contribution in [0.25, 0.3) is 21.9 Å². The second-order valence-electron chi connectivity index (χ2n) is 7.34. The molecule has 1 fully saturated rings. The molecule has 136 valence electrons. The lowest BCUT2D eigenvalue weighted by atomic mass is 10.1. The van der Waals surface area contributed by atoms with E-state index in [-0.39, 0.29) is 11.9 Å². The van der Waals surface area contributed by atoms with Crippen LogP contribution in [0.5, 0.6) is 0 Å². The molecule has 0 aliphatic carbocycles. The number of benzene rings is 2. The van der Waals surface area contributed by atoms with Crippen LogP contribution in [0.4, 0.5) is 0 Å². The zero-order valence-electron chi connectivity index (χ0n) is 15.4. The molecule has 4 aromatic rings. The molecule has 1 saturated heterocycles. The Morgan fingerprint density at radius 1 is 1.19 bits per heavy atom. The van der Waals surface area contributed by atoms with E-state index in [2.05, 4.69) is 27.9 Å². The molecule has 1 N–H and O–H groups in total. The Bertz CT molecular complexity index is 1110. The fourth-order valence-corrected chi connectivity index (χ4v) is 4.31. The topological polar surface area (TPSA) is 53.9 Å². The monoisotopic (exact) mass is 358 g/mol. The Morgan fingerprint density at radius 3 is 2.89 bits per heavy atom. The third-order valence-corrected chi connectivity index (χ3v) is 5.62. The summed E-state index contributed by atoms with van der Waals surface area (Å²) in [7, 11) is 2.03. The highest BCUT2D eigenvalue weighted by Gasteiger charge is 2.32. The quantitative estimate of drug-likeness (QED) is 0.603. The number of imidazole rings is 1. The standard InChI is InChI=1S/C22H22N4O/c1-25-14-15(16-7-2-5-10-19(16)25)13-21(27)26-12-6-11-20(26)22-23-17-8-3-4-9-18(17)24-22/h2-5,7-10,14,20H,6,11-13H2,1H3,(H,23,24). The lowest BCUT2D eigenvalue weighted by Gasteiger charge is -2.23. The lowest BCUT2D eigenvalue weighted by Crippen LogP contribution is -2.32. The summed E-state index contributed by atoms with van der Waals surface area (Å²) in [6.07, 6.45) is 4.48. The molecule has 2 aromatic carbocycles. The number of aromatic nitrogens is 3. The van der Waals surface area contributed by atoms with Crippen LogP contribution in [0, 0.1) is 0 Å². The van der Waals surface area contributed by atoms with Crippen LogP contribution in [0.2, 0.25) is 0 Å². The maximum atomic E-state index is 13.1. The Balaban J connectivity index is 1.43. The summed E-state index contributed by atoms with van der Waals surface area (Å²) < 4.78 is 2.10. The number of carbonyl (C=O) groups is 1. The van der Waals surface area contributed by atoms with Gasteiger partial charge < -0.3 is 14.5 Å². The van der Waals surface area contributed by atoms with Crippen LogP contribution in [0.15, 0.2) is 54.7 Å². The molecule has 5 rings (SSSR count). The Kier molecular flexibility index (Phi) is 3.74. The number of nitrogens with zero attached hydrogens (tertiary/aromatic N) is 3. The van der Waals surface area contributed by atoms with Crippen molar-refractivity contribution in [1.82, 2.24) is 19.4 Å². The van der Waals surface area contributed by atoms with Crippen molar-refractivity contribution in [3.05, 3.63) is 66.1 Å². The summed E-state index contributed by atoms with van der Waals surface area (Å²) >= 11 is 0. The summed E-state index contributed by atoms with van der Waals surface area (Å²) in [6, 6.07) is 16.3. The van der Waals surface area contributed by atoms with E-state index in [1.807, 2.05) is 48.3 Å². The van der Waals surface area contributed by atoms with Gasteiger partial charge >= 0.3 is 0 Å². The van der Waals surface area contributed by atoms with E-state index in [1.165, 1.54) is 0 Å². The van der Waals surface area contributed by atoms with E-state index in [4.69, 9.17) is 4.98 Å². The predicted molar refractivity (Wildman–Crippen MR) is 106 cm³/mol. The van der Waals surface area contributed by atoms with Gasteiger partial charge in [0.1, 0.15) is 5.82 Å². The number of aromatic amines is 1. The summed E-state index contributed by atoms with van der Waals surface area (Å²) in [4.78, 5) is 23.3. The molecule has 0 bridgehead atoms. The van der Waals surface area contributed by atoms with Crippen LogP contribution in [-0.2, 0) is 18.3 Å². The Hall–Kier alpha value is -3.08. The molecule has 1 unspecified atom stereocenters. The van der Waals surface area contributed by atoms with Crippen molar-refractivity contribution >= 4 is 27.8 Å². The summed E-state index contributed by atoms with van der Waals surface area (Å²) in [6.45, 7) is 0.797. The van der Waals surface area contributed by atoms with Crippen molar-refractivity contribution in [2.45, 2.75) is 25.3 Å². The normalized spacial score (nSPS) is 17.2. The van der Waals surface area contributed by atoms with Gasteiger partial charge in [0, 0.05) is 30.7 Å². The first-order chi connectivity index (χ1) is 13.2. The van der Waals surface area contributed by atoms with Crippen LogP contribution >= 0.6 is 0 Å². The first-order valence-electron chi connectivity index (χ1n) is 9.48. The van der Waals surface area contributed by atoms with Crippen molar-refractivity contribution < 1.29 is 4.79 Å². The van der Waals surface area contributed by atoms with Crippen LogP contribution < -0.4 is 0 Å². The largest absolute Gasteiger partial charge is 0.350 e. The first kappa shape index (κ1) is 16.1. The van der Waals surface area contributed by atoms with E-state index in [9.17, 15) is 4.79 Å². The number of fused-ring (bicyclic) bond motifs is 2. The maximum Gasteiger partial charge on any atom is 0.227 e. The Labute approximate surface area is 157 Å². The fourth-order valence-electron chi connectivity index (χ4n) is 4.31. The molecular formula is C22H22N4O. The third kappa shape index (κ3) is 2.70. The number of hydrogen-bond donors (Lipinski definition) is 1. The number of nitrogens with one attached hydrogen (secondary N) is 1. The number of H-pyrrole nitrogens is 1. The summed E-state index contributed by atoms with van der Waals surface area (Å²) in [5, 5.41) is 1.16. The van der Waals surface area contributed by atoms with Crippen molar-refractivity contribution in [1.29, 1.82) is 0 Å². The predicted octanol–water partition coefficient (Wildman–Crippen LogP) is 3.96. The number of amides is 1. The average Bonchev–Trinajstić information content (AvgIpc) is 3.39. The van der Waals surface area contributed by atoms with Gasteiger partial charge in [-0.3, -0.25) is 4.79 Å². The zero-order chi connectivity index (χ0) is 18.4. The molecule has 1 aliphatic heterocycles. The first-order valence-corrected chi connectivity index (χ1v) is 9.48. The molecule has 27 heavy (non-hydrogen) atoms. The molecule has 1 amide bonds. The SMILES string of the molecule is Cn1cc(CC(=O)N2CCCC2c2nc3ccccc3[nH]2)c2ccccc21. The Morgan fingerprint density at radius 2 is 2.00 bits per heavy atom. The molecular weight excluding hydrogens is 336 g/mol. The molecule has 1 atom stereocenters. The van der Waals surface area contributed by atoms with Gasteiger partial charge in [-0.05, 0) is 36.6 Å². The molecule has 2 aromatic heterocycles. The minimum Gasteiger partial charge on any atom is -0.350 e. The minimum absolute atomic E-state index is 0.0416. The van der Waals surface area contributed by atoms with Gasteiger partial charge in [-0.2, -0.15) is 0 Å². The molecule has 0 spiro atoms. The van der Waals surface area contributed by atoms with E-state index in [0.717, 1.165) is 52.7 Å². The fraction of sp³-hybridized carbons (Fsp3) is 0.273. The minimum atomic E-state index is 0.0416. The van der Waals surface area contributed by atoms with E-state index < -0.39 is 0 Å². The highest BCUT2D eigenvalue weighted by molar-refractivity contribution is 5.89. The summed E-state index contributed by atoms with van der Waals surface area (Å²) in [5.74, 6) is 1.08. The number of aryl methyl sites for hydroxylation is 1. The summed E-state index contributed by atoms with van der Waals surface area (Å²) in [5.41, 5.74) is 4.24. The van der Waals surface area contributed by atoms with Gasteiger partial charge in [0.25, 0.3) is 0 Å². The highest BCUT2D eigenvalue weighted by atomic mass is 16.2. The number of hydrogen-bond acceptors (Lipinski definition) is 2. The highest BCUT2D eigenvalue weighted by Crippen LogP contribution is 2.32. The van der Waals surface area contributed by atoms with Gasteiger partial charge in [-0.15, -0.1) is 0 Å². The lowest BCUT2D eigenvalue weighted by molar-refractivity contribution is -0.131. The van der Waals surface area contributed by atoms with Gasteiger partial charge in [0.2, 0.25) is 5.91 Å². The van der Waals surface area contributed by atoms with Gasteiger partial charge in [-0.25, -0.2) is 4.98 Å². The van der Waals surface area contributed by atoms with Gasteiger partial charge in [0.05, 0.1) is 23.5 Å². The number of rotatable bonds is 3. The van der Waals surface area contributed by atoms with E-state index in [0.29, 0.717) is 6.42 Å². The molecule has 5 heteroatoms. The van der Waals surface area contributed by atoms with Crippen LogP contribution in [-0.4, -0.2) is 31.9 Å². The molecule has 5 nitrogen and oxygen atoms in total. The molecule has 1 aliphatic rings. The maximum absolute atomic E-state index is 13.1. The van der Waals surface area contributed by atoms with Crippen molar-refractivity contribution in [3.8, 4) is 0 Å². The number of likely N-dealkylation sites (tertiary alicyclic amines) is 1.